The molecule has 7 heteroatoms. The van der Waals surface area contributed by atoms with Crippen LogP contribution in [0.1, 0.15) is 23.3 Å². The van der Waals surface area contributed by atoms with Gasteiger partial charge in [0.2, 0.25) is 5.89 Å². The number of halogens is 1. The number of methoxy groups -OCH3 is 1. The molecule has 0 bridgehead atoms. The summed E-state index contributed by atoms with van der Waals surface area (Å²) in [7, 11) is 3.69. The van der Waals surface area contributed by atoms with E-state index < -0.39 is 0 Å². The van der Waals surface area contributed by atoms with Crippen LogP contribution in [0.5, 0.6) is 5.75 Å². The predicted molar refractivity (Wildman–Crippen MR) is 88.0 cm³/mol. The lowest BCUT2D eigenvalue weighted by Crippen LogP contribution is -2.44. The Hall–Kier alpha value is -1.63. The fourth-order valence-electron chi connectivity index (χ4n) is 2.72. The van der Waals surface area contributed by atoms with Crippen molar-refractivity contribution in [2.24, 2.45) is 0 Å². The van der Waals surface area contributed by atoms with Gasteiger partial charge in [0.25, 0.3) is 0 Å². The van der Waals surface area contributed by atoms with Crippen LogP contribution in [-0.4, -0.2) is 48.8 Å². The number of benzene rings is 1. The van der Waals surface area contributed by atoms with E-state index in [9.17, 15) is 0 Å². The molecule has 124 valence electrons. The summed E-state index contributed by atoms with van der Waals surface area (Å²) in [6.07, 6.45) is 1.49. The van der Waals surface area contributed by atoms with Gasteiger partial charge in [-0.2, -0.15) is 4.98 Å². The third-order valence-electron chi connectivity index (χ3n) is 4.14. The minimum absolute atomic E-state index is 0.177. The van der Waals surface area contributed by atoms with Gasteiger partial charge in [0.15, 0.2) is 5.82 Å². The Morgan fingerprint density at radius 3 is 3.04 bits per heavy atom. The molecule has 0 radical (unpaired) electrons. The highest BCUT2D eigenvalue weighted by molar-refractivity contribution is 6.32. The second-order valence-corrected chi connectivity index (χ2v) is 6.12. The van der Waals surface area contributed by atoms with Crippen molar-refractivity contribution in [3.63, 3.8) is 0 Å². The van der Waals surface area contributed by atoms with Crippen molar-refractivity contribution in [3.05, 3.63) is 40.5 Å². The van der Waals surface area contributed by atoms with Crippen molar-refractivity contribution in [2.75, 3.05) is 33.8 Å². The van der Waals surface area contributed by atoms with E-state index in [-0.39, 0.29) is 6.04 Å². The van der Waals surface area contributed by atoms with E-state index in [0.717, 1.165) is 37.4 Å². The van der Waals surface area contributed by atoms with Gasteiger partial charge in [0.1, 0.15) is 5.75 Å². The highest BCUT2D eigenvalue weighted by atomic mass is 35.5. The molecule has 23 heavy (non-hydrogen) atoms. The fraction of sp³-hybridized carbons (Fsp3) is 0.500. The van der Waals surface area contributed by atoms with Gasteiger partial charge in [-0.25, -0.2) is 0 Å². The van der Waals surface area contributed by atoms with Crippen LogP contribution in [0.2, 0.25) is 5.02 Å². The van der Waals surface area contributed by atoms with Crippen molar-refractivity contribution in [1.29, 1.82) is 0 Å². The molecule has 6 nitrogen and oxygen atoms in total. The zero-order valence-electron chi connectivity index (χ0n) is 13.4. The summed E-state index contributed by atoms with van der Waals surface area (Å²) < 4.78 is 10.5. The van der Waals surface area contributed by atoms with E-state index in [2.05, 4.69) is 27.4 Å². The molecular formula is C16H21ClN4O2. The van der Waals surface area contributed by atoms with E-state index in [0.29, 0.717) is 23.1 Å². The number of aryl methyl sites for hydroxylation is 2. The molecule has 2 aromatic rings. The molecule has 1 aliphatic heterocycles. The molecule has 1 aromatic carbocycles. The van der Waals surface area contributed by atoms with Gasteiger partial charge >= 0.3 is 0 Å². The molecule has 3 rings (SSSR count). The molecular weight excluding hydrogens is 316 g/mol. The summed E-state index contributed by atoms with van der Waals surface area (Å²) in [6, 6.07) is 5.97. The number of rotatable bonds is 5. The zero-order valence-corrected chi connectivity index (χ0v) is 14.1. The Kier molecular flexibility index (Phi) is 5.15. The van der Waals surface area contributed by atoms with Gasteiger partial charge in [0, 0.05) is 26.1 Å². The van der Waals surface area contributed by atoms with Gasteiger partial charge in [-0.3, -0.25) is 4.90 Å². The number of piperazine rings is 1. The van der Waals surface area contributed by atoms with E-state index >= 15 is 0 Å². The summed E-state index contributed by atoms with van der Waals surface area (Å²) in [5.41, 5.74) is 1.12. The summed E-state index contributed by atoms with van der Waals surface area (Å²) in [6.45, 7) is 2.83. The average Bonchev–Trinajstić information content (AvgIpc) is 3.02. The third kappa shape index (κ3) is 3.83. The number of likely N-dealkylation sites (N-methyl/N-ethyl adjacent to an activating group) is 1. The van der Waals surface area contributed by atoms with Crippen LogP contribution >= 0.6 is 11.6 Å². The molecule has 1 N–H and O–H groups in total. The average molecular weight is 337 g/mol. The molecule has 0 saturated carbocycles. The van der Waals surface area contributed by atoms with Crippen LogP contribution in [-0.2, 0) is 12.8 Å². The molecule has 0 aliphatic carbocycles. The fourth-order valence-corrected chi connectivity index (χ4v) is 3.00. The summed E-state index contributed by atoms with van der Waals surface area (Å²) >= 11 is 6.14. The highest BCUT2D eigenvalue weighted by Crippen LogP contribution is 2.25. The van der Waals surface area contributed by atoms with Crippen LogP contribution in [0.15, 0.2) is 22.7 Å². The Morgan fingerprint density at radius 1 is 1.43 bits per heavy atom. The van der Waals surface area contributed by atoms with Crippen LogP contribution in [0, 0.1) is 0 Å². The van der Waals surface area contributed by atoms with Crippen LogP contribution < -0.4 is 10.1 Å². The summed E-state index contributed by atoms with van der Waals surface area (Å²) in [5.74, 6) is 2.09. The Labute approximate surface area is 140 Å². The van der Waals surface area contributed by atoms with Crippen LogP contribution in [0.25, 0.3) is 0 Å². The Morgan fingerprint density at radius 2 is 2.30 bits per heavy atom. The number of aromatic nitrogens is 2. The minimum atomic E-state index is 0.177. The predicted octanol–water partition coefficient (Wildman–Crippen LogP) is 2.09. The van der Waals surface area contributed by atoms with E-state index in [1.165, 1.54) is 0 Å². The molecule has 2 heterocycles. The van der Waals surface area contributed by atoms with Crippen molar-refractivity contribution in [3.8, 4) is 5.75 Å². The lowest BCUT2D eigenvalue weighted by Gasteiger charge is -2.30. The smallest absolute Gasteiger partial charge is 0.227 e. The van der Waals surface area contributed by atoms with Gasteiger partial charge in [-0.1, -0.05) is 22.8 Å². The zero-order chi connectivity index (χ0) is 16.2. The molecule has 1 aromatic heterocycles. The first-order valence-corrected chi connectivity index (χ1v) is 8.11. The normalized spacial score (nSPS) is 19.0. The number of hydrogen-bond donors (Lipinski definition) is 1. The van der Waals surface area contributed by atoms with Crippen molar-refractivity contribution in [1.82, 2.24) is 20.4 Å². The van der Waals surface area contributed by atoms with E-state index in [1.54, 1.807) is 7.11 Å². The number of nitrogens with one attached hydrogen (secondary N) is 1. The third-order valence-corrected chi connectivity index (χ3v) is 4.43. The second kappa shape index (κ2) is 7.29. The van der Waals surface area contributed by atoms with Crippen LogP contribution in [0.3, 0.4) is 0 Å². The SMILES string of the molecule is COc1ccc(CCc2nc(C3CNCCN3C)no2)cc1Cl. The number of ether oxygens (including phenoxy) is 1. The molecule has 1 saturated heterocycles. The maximum atomic E-state index is 6.14. The minimum Gasteiger partial charge on any atom is -0.495 e. The Bertz CT molecular complexity index is 661. The summed E-state index contributed by atoms with van der Waals surface area (Å²) in [5, 5.41) is 8.11. The molecule has 0 spiro atoms. The first kappa shape index (κ1) is 16.2. The maximum absolute atomic E-state index is 6.14. The van der Waals surface area contributed by atoms with Gasteiger partial charge in [0.05, 0.1) is 18.2 Å². The topological polar surface area (TPSA) is 63.4 Å². The number of hydrogen-bond acceptors (Lipinski definition) is 6. The summed E-state index contributed by atoms with van der Waals surface area (Å²) in [4.78, 5) is 6.78. The monoisotopic (exact) mass is 336 g/mol. The second-order valence-electron chi connectivity index (χ2n) is 5.72. The maximum Gasteiger partial charge on any atom is 0.227 e. The lowest BCUT2D eigenvalue weighted by molar-refractivity contribution is 0.190. The van der Waals surface area contributed by atoms with E-state index in [4.69, 9.17) is 20.9 Å². The molecule has 0 amide bonds. The van der Waals surface area contributed by atoms with Crippen molar-refractivity contribution < 1.29 is 9.26 Å². The molecule has 1 aliphatic rings. The van der Waals surface area contributed by atoms with E-state index in [1.807, 2.05) is 18.2 Å². The van der Waals surface area contributed by atoms with Crippen LogP contribution in [0.4, 0.5) is 0 Å². The lowest BCUT2D eigenvalue weighted by atomic mass is 10.1. The number of nitrogens with zero attached hydrogens (tertiary/aromatic N) is 3. The Balaban J connectivity index is 1.62. The first-order chi connectivity index (χ1) is 11.2. The molecule has 1 unspecified atom stereocenters. The van der Waals surface area contributed by atoms with Gasteiger partial charge < -0.3 is 14.6 Å². The first-order valence-electron chi connectivity index (χ1n) is 7.73. The van der Waals surface area contributed by atoms with Crippen molar-refractivity contribution >= 4 is 11.6 Å². The standard InChI is InChI=1S/C16H21ClN4O2/c1-21-8-7-18-10-13(21)16-19-15(23-20-16)6-4-11-3-5-14(22-2)12(17)9-11/h3,5,9,13,18H,4,6-8,10H2,1-2H3. The highest BCUT2D eigenvalue weighted by Gasteiger charge is 2.25. The van der Waals surface area contributed by atoms with Gasteiger partial charge in [-0.05, 0) is 31.2 Å². The molecule has 1 atom stereocenters. The van der Waals surface area contributed by atoms with Gasteiger partial charge in [-0.15, -0.1) is 0 Å². The molecule has 1 fully saturated rings. The largest absolute Gasteiger partial charge is 0.495 e. The quantitative estimate of drug-likeness (QED) is 0.902. The van der Waals surface area contributed by atoms with Crippen molar-refractivity contribution in [2.45, 2.75) is 18.9 Å².